The predicted octanol–water partition coefficient (Wildman–Crippen LogP) is 4.81. The van der Waals surface area contributed by atoms with Gasteiger partial charge in [-0.05, 0) is 79.4 Å². The first-order valence-electron chi connectivity index (χ1n) is 14.1. The molecule has 2 amide bonds. The molecule has 2 atom stereocenters. The van der Waals surface area contributed by atoms with Crippen LogP contribution in [-0.4, -0.2) is 67.6 Å². The van der Waals surface area contributed by atoms with Crippen molar-refractivity contribution in [3.63, 3.8) is 0 Å². The van der Waals surface area contributed by atoms with Crippen molar-refractivity contribution in [1.82, 2.24) is 9.80 Å². The lowest BCUT2D eigenvalue weighted by molar-refractivity contribution is -0.135. The zero-order chi connectivity index (χ0) is 27.8. The third-order valence-electron chi connectivity index (χ3n) is 8.23. The number of halogens is 1. The van der Waals surface area contributed by atoms with Crippen LogP contribution in [0, 0.1) is 5.82 Å². The van der Waals surface area contributed by atoms with Gasteiger partial charge in [0.05, 0.1) is 25.2 Å². The first-order chi connectivity index (χ1) is 19.5. The molecule has 0 bridgehead atoms. The molecule has 40 heavy (non-hydrogen) atoms. The topological polar surface area (TPSA) is 62.3 Å². The first-order valence-corrected chi connectivity index (χ1v) is 14.1. The van der Waals surface area contributed by atoms with E-state index in [4.69, 9.17) is 9.47 Å². The van der Waals surface area contributed by atoms with Crippen molar-refractivity contribution >= 4 is 17.5 Å². The lowest BCUT2D eigenvalue weighted by atomic mass is 9.75. The number of piperazine rings is 1. The van der Waals surface area contributed by atoms with Gasteiger partial charge in [-0.2, -0.15) is 0 Å². The van der Waals surface area contributed by atoms with Crippen LogP contribution in [0.4, 0.5) is 10.1 Å². The minimum Gasteiger partial charge on any atom is -0.490 e. The summed E-state index contributed by atoms with van der Waals surface area (Å²) in [4.78, 5) is 34.1. The van der Waals surface area contributed by atoms with Gasteiger partial charge >= 0.3 is 0 Å². The zero-order valence-corrected chi connectivity index (χ0v) is 22.9. The third-order valence-corrected chi connectivity index (χ3v) is 8.23. The fourth-order valence-electron chi connectivity index (χ4n) is 6.37. The van der Waals surface area contributed by atoms with E-state index in [0.717, 1.165) is 22.4 Å². The van der Waals surface area contributed by atoms with E-state index in [2.05, 4.69) is 4.90 Å². The number of ether oxygens (including phenoxy) is 2. The number of nitrogens with zero attached hydrogens (tertiary/aromatic N) is 3. The number of benzene rings is 3. The highest BCUT2D eigenvalue weighted by Crippen LogP contribution is 2.49. The molecule has 3 aliphatic heterocycles. The molecule has 0 spiro atoms. The van der Waals surface area contributed by atoms with E-state index in [1.54, 1.807) is 12.1 Å². The lowest BCUT2D eigenvalue weighted by Gasteiger charge is -2.47. The van der Waals surface area contributed by atoms with Crippen molar-refractivity contribution in [3.8, 4) is 11.5 Å². The minimum atomic E-state index is -0.530. The normalized spacial score (nSPS) is 20.0. The van der Waals surface area contributed by atoms with Crippen molar-refractivity contribution < 1.29 is 23.5 Å². The molecule has 7 nitrogen and oxygen atoms in total. The number of hydrogen-bond acceptors (Lipinski definition) is 5. The quantitative estimate of drug-likeness (QED) is 0.447. The second kappa shape index (κ2) is 10.8. The Balaban J connectivity index is 1.36. The van der Waals surface area contributed by atoms with E-state index in [-0.39, 0.29) is 17.6 Å². The summed E-state index contributed by atoms with van der Waals surface area (Å²) < 4.78 is 25.3. The van der Waals surface area contributed by atoms with Crippen LogP contribution in [0.2, 0.25) is 0 Å². The number of fused-ring (bicyclic) bond motifs is 4. The number of amides is 2. The SMILES string of the molecule is CCOc1cc2c(cc1OCC)C1C(C(=O)N3CCN(c4ccc(F)cc4)CC3)c3ccccc3C(=O)N1CC2. The summed E-state index contributed by atoms with van der Waals surface area (Å²) in [5.74, 6) is 0.518. The van der Waals surface area contributed by atoms with Crippen molar-refractivity contribution in [2.24, 2.45) is 0 Å². The third kappa shape index (κ3) is 4.55. The van der Waals surface area contributed by atoms with E-state index in [1.807, 2.05) is 60.0 Å². The number of carbonyl (C=O) groups is 2. The summed E-state index contributed by atoms with van der Waals surface area (Å²) >= 11 is 0. The second-order valence-electron chi connectivity index (χ2n) is 10.4. The summed E-state index contributed by atoms with van der Waals surface area (Å²) in [5.41, 5.74) is 4.35. The summed E-state index contributed by atoms with van der Waals surface area (Å²) in [5, 5.41) is 0. The number of hydrogen-bond donors (Lipinski definition) is 0. The first kappa shape index (κ1) is 26.2. The molecule has 3 aliphatic rings. The van der Waals surface area contributed by atoms with Crippen molar-refractivity contribution in [1.29, 1.82) is 0 Å². The molecule has 2 unspecified atom stereocenters. The highest BCUT2D eigenvalue weighted by molar-refractivity contribution is 6.01. The molecule has 3 heterocycles. The Morgan fingerprint density at radius 3 is 2.25 bits per heavy atom. The average Bonchev–Trinajstić information content (AvgIpc) is 2.98. The molecule has 3 aromatic carbocycles. The molecule has 1 saturated heterocycles. The zero-order valence-electron chi connectivity index (χ0n) is 22.9. The maximum Gasteiger partial charge on any atom is 0.254 e. The van der Waals surface area contributed by atoms with Crippen molar-refractivity contribution in [2.75, 3.05) is 50.8 Å². The Morgan fingerprint density at radius 2 is 1.55 bits per heavy atom. The molecule has 0 N–H and O–H groups in total. The molecule has 8 heteroatoms. The fourth-order valence-corrected chi connectivity index (χ4v) is 6.37. The van der Waals surface area contributed by atoms with Gasteiger partial charge in [0.2, 0.25) is 5.91 Å². The monoisotopic (exact) mass is 543 g/mol. The smallest absolute Gasteiger partial charge is 0.254 e. The molecular weight excluding hydrogens is 509 g/mol. The predicted molar refractivity (Wildman–Crippen MR) is 151 cm³/mol. The summed E-state index contributed by atoms with van der Waals surface area (Å²) in [7, 11) is 0. The molecular formula is C32H34FN3O4. The molecule has 6 rings (SSSR count). The van der Waals surface area contributed by atoms with Gasteiger partial charge in [-0.1, -0.05) is 18.2 Å². The maximum atomic E-state index is 14.4. The van der Waals surface area contributed by atoms with Gasteiger partial charge in [-0.3, -0.25) is 9.59 Å². The second-order valence-corrected chi connectivity index (χ2v) is 10.4. The molecule has 0 aromatic heterocycles. The highest BCUT2D eigenvalue weighted by Gasteiger charge is 2.48. The van der Waals surface area contributed by atoms with E-state index in [0.29, 0.717) is 69.4 Å². The van der Waals surface area contributed by atoms with Crippen LogP contribution in [-0.2, 0) is 11.2 Å². The summed E-state index contributed by atoms with van der Waals surface area (Å²) in [6.07, 6.45) is 0.684. The number of carbonyl (C=O) groups excluding carboxylic acids is 2. The van der Waals surface area contributed by atoms with Crippen LogP contribution in [0.3, 0.4) is 0 Å². The molecule has 3 aromatic rings. The van der Waals surface area contributed by atoms with E-state index in [1.165, 1.54) is 12.1 Å². The Morgan fingerprint density at radius 1 is 0.875 bits per heavy atom. The van der Waals surface area contributed by atoms with Crippen molar-refractivity contribution in [3.05, 3.63) is 88.7 Å². The Bertz CT molecular complexity index is 1420. The average molecular weight is 544 g/mol. The summed E-state index contributed by atoms with van der Waals surface area (Å²) in [6.45, 7) is 7.82. The van der Waals surface area contributed by atoms with Gasteiger partial charge in [0, 0.05) is 44.0 Å². The minimum absolute atomic E-state index is 0.0217. The Kier molecular flexibility index (Phi) is 7.09. The van der Waals surface area contributed by atoms with Gasteiger partial charge in [0.15, 0.2) is 11.5 Å². The van der Waals surface area contributed by atoms with Crippen LogP contribution in [0.15, 0.2) is 60.7 Å². The summed E-state index contributed by atoms with van der Waals surface area (Å²) in [6, 6.07) is 17.6. The largest absolute Gasteiger partial charge is 0.490 e. The standard InChI is InChI=1S/C32H34FN3O4/c1-3-39-27-19-21-13-14-36-30(26(21)20-28(27)40-4-2)29(24-7-5-6-8-25(24)31(36)37)32(38)35-17-15-34(16-18-35)23-11-9-22(33)10-12-23/h5-12,19-20,29-30H,3-4,13-18H2,1-2H3. The van der Waals surface area contributed by atoms with Gasteiger partial charge < -0.3 is 24.2 Å². The van der Waals surface area contributed by atoms with Crippen LogP contribution in [0.1, 0.15) is 52.9 Å². The number of rotatable bonds is 6. The van der Waals surface area contributed by atoms with Crippen LogP contribution >= 0.6 is 0 Å². The maximum absolute atomic E-state index is 14.4. The number of anilines is 1. The molecule has 0 saturated carbocycles. The van der Waals surface area contributed by atoms with Gasteiger partial charge in [0.1, 0.15) is 5.82 Å². The lowest BCUT2D eigenvalue weighted by Crippen LogP contribution is -2.54. The fraction of sp³-hybridized carbons (Fsp3) is 0.375. The van der Waals surface area contributed by atoms with Gasteiger partial charge in [-0.15, -0.1) is 0 Å². The Labute approximate surface area is 234 Å². The molecule has 0 radical (unpaired) electrons. The van der Waals surface area contributed by atoms with Crippen LogP contribution in [0.25, 0.3) is 0 Å². The van der Waals surface area contributed by atoms with Crippen LogP contribution in [0.5, 0.6) is 11.5 Å². The molecule has 0 aliphatic carbocycles. The van der Waals surface area contributed by atoms with Gasteiger partial charge in [0.25, 0.3) is 5.91 Å². The van der Waals surface area contributed by atoms with E-state index >= 15 is 0 Å². The van der Waals surface area contributed by atoms with E-state index in [9.17, 15) is 14.0 Å². The van der Waals surface area contributed by atoms with E-state index < -0.39 is 12.0 Å². The molecule has 1 fully saturated rings. The van der Waals surface area contributed by atoms with Gasteiger partial charge in [-0.25, -0.2) is 4.39 Å². The Hall–Kier alpha value is -4.07. The molecule has 208 valence electrons. The highest BCUT2D eigenvalue weighted by atomic mass is 19.1. The van der Waals surface area contributed by atoms with Crippen molar-refractivity contribution in [2.45, 2.75) is 32.2 Å². The van der Waals surface area contributed by atoms with Crippen LogP contribution < -0.4 is 14.4 Å².